The Morgan fingerprint density at radius 3 is 2.45 bits per heavy atom. The molecule has 1 unspecified atom stereocenters. The van der Waals surface area contributed by atoms with E-state index in [0.29, 0.717) is 34.2 Å². The number of piperidine rings is 1. The Morgan fingerprint density at radius 2 is 1.66 bits per heavy atom. The molecule has 2 aromatic heterocycles. The topological polar surface area (TPSA) is 105 Å². The van der Waals surface area contributed by atoms with Crippen molar-refractivity contribution in [1.82, 2.24) is 14.9 Å². The van der Waals surface area contributed by atoms with Crippen LogP contribution in [0.5, 0.6) is 5.75 Å². The molecule has 0 spiro atoms. The first-order valence-corrected chi connectivity index (χ1v) is 17.2. The number of anilines is 1. The van der Waals surface area contributed by atoms with Crippen molar-refractivity contribution in [3.63, 3.8) is 0 Å². The standard InChI is InChI=1S/C37H30N4O4S2/c42-31-16-15-23(18-28(31)36-40-30-13-5-6-14-32(30)46-36)39-34(43)33-19-38-35(47-33)22-8-7-17-41(20-22)37(44)45-21-29-26-11-3-1-9-24(26)25-10-2-4-12-27(25)29/h1-6,9-16,18-19,22,29,42H,7-8,17,20-21H2,(H,39,43). The number of aromatic hydroxyl groups is 1. The zero-order valence-corrected chi connectivity index (χ0v) is 26.9. The van der Waals surface area contributed by atoms with Gasteiger partial charge in [-0.15, -0.1) is 22.7 Å². The summed E-state index contributed by atoms with van der Waals surface area (Å²) in [5.41, 5.74) is 6.74. The summed E-state index contributed by atoms with van der Waals surface area (Å²) in [7, 11) is 0. The minimum atomic E-state index is -0.317. The van der Waals surface area contributed by atoms with E-state index in [1.807, 2.05) is 48.5 Å². The molecule has 1 atom stereocenters. The Kier molecular flexibility index (Phi) is 7.67. The van der Waals surface area contributed by atoms with Crippen molar-refractivity contribution in [3.05, 3.63) is 118 Å². The third kappa shape index (κ3) is 5.64. The normalized spacial score (nSPS) is 15.7. The number of carbonyl (C=O) groups excluding carboxylic acids is 2. The van der Waals surface area contributed by atoms with Crippen molar-refractivity contribution in [2.45, 2.75) is 24.7 Å². The summed E-state index contributed by atoms with van der Waals surface area (Å²) < 4.78 is 6.95. The number of rotatable bonds is 6. The molecule has 47 heavy (non-hydrogen) atoms. The highest BCUT2D eigenvalue weighted by Crippen LogP contribution is 2.45. The van der Waals surface area contributed by atoms with E-state index in [1.165, 1.54) is 44.9 Å². The summed E-state index contributed by atoms with van der Waals surface area (Å²) in [5, 5.41) is 15.0. The van der Waals surface area contributed by atoms with Crippen LogP contribution in [0.1, 0.15) is 50.5 Å². The van der Waals surface area contributed by atoms with Crippen molar-refractivity contribution in [3.8, 4) is 27.4 Å². The highest BCUT2D eigenvalue weighted by molar-refractivity contribution is 7.21. The number of hydrogen-bond donors (Lipinski definition) is 2. The molecule has 3 heterocycles. The summed E-state index contributed by atoms with van der Waals surface area (Å²) in [5.74, 6) is -0.146. The SMILES string of the molecule is O=C(Nc1ccc(O)c(-c2nc3ccccc3s2)c1)c1cnc(C2CCCN(C(=O)OCC3c4ccccc4-c4ccccc43)C2)s1. The van der Waals surface area contributed by atoms with Gasteiger partial charge in [0.2, 0.25) is 0 Å². The molecule has 1 saturated heterocycles. The van der Waals surface area contributed by atoms with Crippen LogP contribution in [0.2, 0.25) is 0 Å². The van der Waals surface area contributed by atoms with Crippen LogP contribution in [0.25, 0.3) is 31.9 Å². The van der Waals surface area contributed by atoms with E-state index in [9.17, 15) is 14.7 Å². The lowest BCUT2D eigenvalue weighted by molar-refractivity contribution is 0.0892. The second-order valence-corrected chi connectivity index (χ2v) is 13.9. The molecule has 1 aliphatic carbocycles. The number of benzene rings is 4. The number of phenols is 1. The minimum absolute atomic E-state index is 0.0119. The summed E-state index contributed by atoms with van der Waals surface area (Å²) in [6, 6.07) is 29.4. The molecule has 2 N–H and O–H groups in total. The summed E-state index contributed by atoms with van der Waals surface area (Å²) in [6.45, 7) is 1.41. The predicted octanol–water partition coefficient (Wildman–Crippen LogP) is 8.51. The van der Waals surface area contributed by atoms with Gasteiger partial charge >= 0.3 is 6.09 Å². The predicted molar refractivity (Wildman–Crippen MR) is 185 cm³/mol. The number of hydrogen-bond acceptors (Lipinski definition) is 8. The monoisotopic (exact) mass is 658 g/mol. The van der Waals surface area contributed by atoms with Crippen LogP contribution in [0, 0.1) is 0 Å². The molecular formula is C37H30N4O4S2. The fourth-order valence-corrected chi connectivity index (χ4v) is 8.51. The second-order valence-electron chi connectivity index (χ2n) is 11.8. The van der Waals surface area contributed by atoms with Crippen molar-refractivity contribution in [2.24, 2.45) is 0 Å². The molecule has 4 aromatic carbocycles. The lowest BCUT2D eigenvalue weighted by atomic mass is 9.98. The van der Waals surface area contributed by atoms with Crippen molar-refractivity contribution in [1.29, 1.82) is 0 Å². The van der Waals surface area contributed by atoms with E-state index >= 15 is 0 Å². The third-order valence-electron chi connectivity index (χ3n) is 8.89. The average Bonchev–Trinajstić information content (AvgIpc) is 3.85. The zero-order chi connectivity index (χ0) is 31.9. The number of fused-ring (bicyclic) bond motifs is 4. The molecule has 1 aliphatic heterocycles. The van der Waals surface area contributed by atoms with Crippen LogP contribution in [0.15, 0.2) is 97.2 Å². The molecule has 2 amide bonds. The maximum atomic E-state index is 13.3. The van der Waals surface area contributed by atoms with E-state index in [4.69, 9.17) is 4.74 Å². The Hall–Kier alpha value is -5.06. The van der Waals surface area contributed by atoms with Gasteiger partial charge in [0, 0.05) is 30.6 Å². The number of phenolic OH excluding ortho intramolecular Hbond substituents is 1. The number of carbonyl (C=O) groups is 2. The molecule has 10 heteroatoms. The third-order valence-corrected chi connectivity index (χ3v) is 11.1. The van der Waals surface area contributed by atoms with Crippen LogP contribution >= 0.6 is 22.7 Å². The number of amides is 2. The van der Waals surface area contributed by atoms with Crippen molar-refractivity contribution in [2.75, 3.05) is 25.0 Å². The first kappa shape index (κ1) is 29.3. The van der Waals surface area contributed by atoms with Crippen molar-refractivity contribution >= 4 is 50.6 Å². The molecule has 2 aliphatic rings. The van der Waals surface area contributed by atoms with Crippen LogP contribution in [-0.2, 0) is 4.74 Å². The lowest BCUT2D eigenvalue weighted by Crippen LogP contribution is -2.39. The first-order chi connectivity index (χ1) is 23.0. The number of ether oxygens (including phenoxy) is 1. The van der Waals surface area contributed by atoms with Gasteiger partial charge in [-0.1, -0.05) is 60.7 Å². The van der Waals surface area contributed by atoms with Gasteiger partial charge < -0.3 is 20.1 Å². The maximum Gasteiger partial charge on any atom is 0.409 e. The fourth-order valence-electron chi connectivity index (χ4n) is 6.58. The van der Waals surface area contributed by atoms with E-state index in [0.717, 1.165) is 28.1 Å². The van der Waals surface area contributed by atoms with Crippen LogP contribution < -0.4 is 5.32 Å². The summed E-state index contributed by atoms with van der Waals surface area (Å²) in [4.78, 5) is 38.0. The maximum absolute atomic E-state index is 13.3. The Balaban J connectivity index is 0.915. The Labute approximate surface area is 279 Å². The van der Waals surface area contributed by atoms with Gasteiger partial charge in [-0.05, 0) is 65.4 Å². The lowest BCUT2D eigenvalue weighted by Gasteiger charge is -2.31. The average molecular weight is 659 g/mol. The van der Waals surface area contributed by atoms with E-state index < -0.39 is 0 Å². The fraction of sp³-hybridized carbons (Fsp3) is 0.189. The first-order valence-electron chi connectivity index (χ1n) is 15.6. The number of thiazole rings is 2. The number of nitrogens with one attached hydrogen (secondary N) is 1. The quantitative estimate of drug-likeness (QED) is 0.174. The largest absolute Gasteiger partial charge is 0.507 e. The number of likely N-dealkylation sites (tertiary alicyclic amines) is 1. The second kappa shape index (κ2) is 12.3. The molecule has 6 aromatic rings. The summed E-state index contributed by atoms with van der Waals surface area (Å²) in [6.07, 6.45) is 2.99. The van der Waals surface area contributed by atoms with Gasteiger partial charge in [0.1, 0.15) is 22.2 Å². The molecular weight excluding hydrogens is 629 g/mol. The van der Waals surface area contributed by atoms with Gasteiger partial charge in [-0.3, -0.25) is 4.79 Å². The zero-order valence-electron chi connectivity index (χ0n) is 25.3. The van der Waals surface area contributed by atoms with E-state index in [2.05, 4.69) is 39.6 Å². The van der Waals surface area contributed by atoms with Gasteiger partial charge in [0.25, 0.3) is 5.91 Å². The molecule has 1 fully saturated rings. The van der Waals surface area contributed by atoms with Crippen LogP contribution in [-0.4, -0.2) is 51.7 Å². The highest BCUT2D eigenvalue weighted by atomic mass is 32.1. The number of para-hydroxylation sites is 1. The molecule has 0 bridgehead atoms. The molecule has 8 rings (SSSR count). The Bertz CT molecular complexity index is 2060. The minimum Gasteiger partial charge on any atom is -0.507 e. The van der Waals surface area contributed by atoms with E-state index in [1.54, 1.807) is 29.3 Å². The molecule has 8 nitrogen and oxygen atoms in total. The van der Waals surface area contributed by atoms with Gasteiger partial charge in [-0.25, -0.2) is 14.8 Å². The number of nitrogens with zero attached hydrogens (tertiary/aromatic N) is 3. The molecule has 234 valence electrons. The van der Waals surface area contributed by atoms with Gasteiger partial charge in [0.15, 0.2) is 0 Å². The molecule has 0 radical (unpaired) electrons. The summed E-state index contributed by atoms with van der Waals surface area (Å²) >= 11 is 2.83. The highest BCUT2D eigenvalue weighted by Gasteiger charge is 2.32. The van der Waals surface area contributed by atoms with E-state index in [-0.39, 0.29) is 36.2 Å². The van der Waals surface area contributed by atoms with Crippen LogP contribution in [0.4, 0.5) is 10.5 Å². The van der Waals surface area contributed by atoms with Gasteiger partial charge in [-0.2, -0.15) is 0 Å². The number of aromatic nitrogens is 2. The Morgan fingerprint density at radius 1 is 0.915 bits per heavy atom. The molecule has 0 saturated carbocycles. The van der Waals surface area contributed by atoms with Crippen molar-refractivity contribution < 1.29 is 19.4 Å². The van der Waals surface area contributed by atoms with Crippen LogP contribution in [0.3, 0.4) is 0 Å². The van der Waals surface area contributed by atoms with Gasteiger partial charge in [0.05, 0.1) is 27.0 Å². The smallest absolute Gasteiger partial charge is 0.409 e.